The van der Waals surface area contributed by atoms with Gasteiger partial charge in [0.2, 0.25) is 5.91 Å². The molecular weight excluding hydrogens is 256 g/mol. The van der Waals surface area contributed by atoms with Crippen LogP contribution in [0.1, 0.15) is 38.2 Å². The first-order valence-electron chi connectivity index (χ1n) is 6.90. The van der Waals surface area contributed by atoms with Crippen LogP contribution >= 0.6 is 11.3 Å². The first-order valence-corrected chi connectivity index (χ1v) is 7.84. The first kappa shape index (κ1) is 14.1. The average Bonchev–Trinajstić information content (AvgIpc) is 3.13. The van der Waals surface area contributed by atoms with E-state index in [0.717, 1.165) is 6.42 Å². The minimum Gasteiger partial charge on any atom is -0.339 e. The molecule has 2 rings (SSSR count). The van der Waals surface area contributed by atoms with Crippen LogP contribution < -0.4 is 0 Å². The van der Waals surface area contributed by atoms with Crippen LogP contribution in [0.2, 0.25) is 0 Å². The molecule has 0 radical (unpaired) electrons. The van der Waals surface area contributed by atoms with Gasteiger partial charge in [0.05, 0.1) is 12.5 Å². The second-order valence-corrected chi connectivity index (χ2v) is 5.98. The van der Waals surface area contributed by atoms with Crippen LogP contribution in [-0.2, 0) is 11.2 Å². The third-order valence-corrected chi connectivity index (χ3v) is 4.52. The molecule has 0 bridgehead atoms. The maximum absolute atomic E-state index is 12.3. The van der Waals surface area contributed by atoms with Gasteiger partial charge >= 0.3 is 0 Å². The van der Waals surface area contributed by atoms with Gasteiger partial charge in [-0.25, -0.2) is 0 Å². The molecule has 1 aromatic rings. The Morgan fingerprint density at radius 3 is 3.00 bits per heavy atom. The Balaban J connectivity index is 1.88. The summed E-state index contributed by atoms with van der Waals surface area (Å²) >= 11 is 1.67. The minimum atomic E-state index is 0.195. The van der Waals surface area contributed by atoms with Crippen molar-refractivity contribution in [3.8, 4) is 6.07 Å². The number of nitrogens with zero attached hydrogens (tertiary/aromatic N) is 2. The third kappa shape index (κ3) is 4.07. The van der Waals surface area contributed by atoms with Gasteiger partial charge in [-0.2, -0.15) is 16.6 Å². The zero-order valence-corrected chi connectivity index (χ0v) is 12.2. The number of hydrogen-bond donors (Lipinski definition) is 0. The number of rotatable bonds is 7. The van der Waals surface area contributed by atoms with E-state index < -0.39 is 0 Å². The smallest absolute Gasteiger partial charge is 0.223 e. The SMILES string of the molecule is C[C@@H](C1CC1)N(CCC#N)C(=O)CCc1ccsc1. The number of carbonyl (C=O) groups is 1. The third-order valence-electron chi connectivity index (χ3n) is 3.79. The molecule has 0 unspecified atom stereocenters. The number of nitriles is 1. The molecule has 1 saturated carbocycles. The summed E-state index contributed by atoms with van der Waals surface area (Å²) in [5.41, 5.74) is 1.23. The fourth-order valence-electron chi connectivity index (χ4n) is 2.39. The quantitative estimate of drug-likeness (QED) is 0.767. The molecule has 0 spiro atoms. The summed E-state index contributed by atoms with van der Waals surface area (Å²) in [5, 5.41) is 12.9. The highest BCUT2D eigenvalue weighted by Gasteiger charge is 2.33. The molecule has 0 aliphatic heterocycles. The molecule has 102 valence electrons. The van der Waals surface area contributed by atoms with Crippen molar-refractivity contribution in [1.29, 1.82) is 5.26 Å². The molecular formula is C15H20N2OS. The van der Waals surface area contributed by atoms with Gasteiger partial charge in [0, 0.05) is 19.0 Å². The Morgan fingerprint density at radius 2 is 2.42 bits per heavy atom. The van der Waals surface area contributed by atoms with Crippen LogP contribution in [-0.4, -0.2) is 23.4 Å². The van der Waals surface area contributed by atoms with Gasteiger partial charge in [-0.3, -0.25) is 4.79 Å². The van der Waals surface area contributed by atoms with Crippen molar-refractivity contribution in [2.24, 2.45) is 5.92 Å². The summed E-state index contributed by atoms with van der Waals surface area (Å²) in [4.78, 5) is 14.3. The van der Waals surface area contributed by atoms with Crippen LogP contribution in [0.15, 0.2) is 16.8 Å². The monoisotopic (exact) mass is 276 g/mol. The van der Waals surface area contributed by atoms with Gasteiger partial charge in [0.1, 0.15) is 0 Å². The molecule has 1 atom stereocenters. The van der Waals surface area contributed by atoms with E-state index in [9.17, 15) is 4.79 Å². The standard InChI is InChI=1S/C15H20N2OS/c1-12(14-4-5-14)17(9-2-8-16)15(18)6-3-13-7-10-19-11-13/h7,10-12,14H,2-6,9H2,1H3/t12-/m0/s1. The van der Waals surface area contributed by atoms with Crippen LogP contribution in [0.4, 0.5) is 0 Å². The normalized spacial score (nSPS) is 15.8. The summed E-state index contributed by atoms with van der Waals surface area (Å²) < 4.78 is 0. The number of aryl methyl sites for hydroxylation is 1. The molecule has 0 N–H and O–H groups in total. The predicted octanol–water partition coefficient (Wildman–Crippen LogP) is 3.22. The molecule has 1 amide bonds. The molecule has 1 aromatic heterocycles. The fraction of sp³-hybridized carbons (Fsp3) is 0.600. The number of hydrogen-bond acceptors (Lipinski definition) is 3. The van der Waals surface area contributed by atoms with E-state index in [1.54, 1.807) is 11.3 Å². The lowest BCUT2D eigenvalue weighted by Gasteiger charge is -2.28. The fourth-order valence-corrected chi connectivity index (χ4v) is 3.09. The van der Waals surface area contributed by atoms with E-state index in [2.05, 4.69) is 24.4 Å². The van der Waals surface area contributed by atoms with Crippen molar-refractivity contribution in [1.82, 2.24) is 4.90 Å². The summed E-state index contributed by atoms with van der Waals surface area (Å²) in [6, 6.07) is 4.51. The molecule has 3 nitrogen and oxygen atoms in total. The first-order chi connectivity index (χ1) is 9.22. The van der Waals surface area contributed by atoms with Gasteiger partial charge in [-0.15, -0.1) is 0 Å². The minimum absolute atomic E-state index is 0.195. The molecule has 1 heterocycles. The second kappa shape index (κ2) is 6.72. The number of carbonyl (C=O) groups excluding carboxylic acids is 1. The van der Waals surface area contributed by atoms with E-state index in [-0.39, 0.29) is 5.91 Å². The molecule has 1 aliphatic carbocycles. The largest absolute Gasteiger partial charge is 0.339 e. The van der Waals surface area contributed by atoms with Gasteiger partial charge in [0.15, 0.2) is 0 Å². The Labute approximate surface area is 118 Å². The summed E-state index contributed by atoms with van der Waals surface area (Å²) in [6.45, 7) is 2.70. The maximum Gasteiger partial charge on any atom is 0.223 e. The predicted molar refractivity (Wildman–Crippen MR) is 76.8 cm³/mol. The maximum atomic E-state index is 12.3. The van der Waals surface area contributed by atoms with Gasteiger partial charge in [0.25, 0.3) is 0 Å². The van der Waals surface area contributed by atoms with Crippen molar-refractivity contribution in [2.75, 3.05) is 6.54 Å². The number of thiophene rings is 1. The van der Waals surface area contributed by atoms with E-state index in [4.69, 9.17) is 5.26 Å². The van der Waals surface area contributed by atoms with Gasteiger partial charge in [-0.1, -0.05) is 0 Å². The highest BCUT2D eigenvalue weighted by atomic mass is 32.1. The molecule has 19 heavy (non-hydrogen) atoms. The molecule has 1 fully saturated rings. The van der Waals surface area contributed by atoms with Crippen LogP contribution in [0.25, 0.3) is 0 Å². The Morgan fingerprint density at radius 1 is 1.63 bits per heavy atom. The Kier molecular flexibility index (Phi) is 4.98. The van der Waals surface area contributed by atoms with Crippen molar-refractivity contribution in [3.63, 3.8) is 0 Å². The van der Waals surface area contributed by atoms with Crippen LogP contribution in [0.5, 0.6) is 0 Å². The highest BCUT2D eigenvalue weighted by molar-refractivity contribution is 7.07. The van der Waals surface area contributed by atoms with E-state index in [1.165, 1.54) is 18.4 Å². The van der Waals surface area contributed by atoms with Gasteiger partial charge < -0.3 is 4.90 Å². The zero-order chi connectivity index (χ0) is 13.7. The Hall–Kier alpha value is -1.34. The zero-order valence-electron chi connectivity index (χ0n) is 11.3. The van der Waals surface area contributed by atoms with Crippen molar-refractivity contribution < 1.29 is 4.79 Å². The van der Waals surface area contributed by atoms with Crippen molar-refractivity contribution >= 4 is 17.2 Å². The lowest BCUT2D eigenvalue weighted by atomic mass is 10.1. The summed E-state index contributed by atoms with van der Waals surface area (Å²) in [7, 11) is 0. The van der Waals surface area contributed by atoms with E-state index in [1.807, 2.05) is 10.3 Å². The topological polar surface area (TPSA) is 44.1 Å². The Bertz CT molecular complexity index is 445. The highest BCUT2D eigenvalue weighted by Crippen LogP contribution is 2.35. The van der Waals surface area contributed by atoms with Crippen molar-refractivity contribution in [2.45, 2.75) is 45.1 Å². The van der Waals surface area contributed by atoms with E-state index >= 15 is 0 Å². The number of amides is 1. The molecule has 0 aromatic carbocycles. The molecule has 4 heteroatoms. The second-order valence-electron chi connectivity index (χ2n) is 5.20. The van der Waals surface area contributed by atoms with Gasteiger partial charge in [-0.05, 0) is 54.5 Å². The average molecular weight is 276 g/mol. The summed E-state index contributed by atoms with van der Waals surface area (Å²) in [5.74, 6) is 0.852. The lowest BCUT2D eigenvalue weighted by molar-refractivity contribution is -0.133. The molecule has 0 saturated heterocycles. The van der Waals surface area contributed by atoms with Crippen molar-refractivity contribution in [3.05, 3.63) is 22.4 Å². The van der Waals surface area contributed by atoms with Crippen LogP contribution in [0, 0.1) is 17.2 Å². The van der Waals surface area contributed by atoms with E-state index in [0.29, 0.717) is 31.3 Å². The molecule has 1 aliphatic rings. The summed E-state index contributed by atoms with van der Waals surface area (Å²) in [6.07, 6.45) is 4.24. The lowest BCUT2D eigenvalue weighted by Crippen LogP contribution is -2.40. The van der Waals surface area contributed by atoms with Crippen LogP contribution in [0.3, 0.4) is 0 Å².